The van der Waals surface area contributed by atoms with Crippen molar-refractivity contribution >= 4 is 12.2 Å². The number of anilines is 1. The fourth-order valence-electron chi connectivity index (χ4n) is 1.90. The van der Waals surface area contributed by atoms with Crippen LogP contribution in [0.4, 0.5) is 19.1 Å². The van der Waals surface area contributed by atoms with E-state index < -0.39 is 11.7 Å². The molecule has 0 saturated carbocycles. The molecule has 1 aliphatic rings. The summed E-state index contributed by atoms with van der Waals surface area (Å²) in [5, 5.41) is 0. The van der Waals surface area contributed by atoms with Crippen LogP contribution < -0.4 is 4.90 Å². The van der Waals surface area contributed by atoms with E-state index in [2.05, 4.69) is 16.5 Å². The molecule has 8 heteroatoms. The first kappa shape index (κ1) is 14.3. The molecule has 108 valence electrons. The Morgan fingerprint density at radius 1 is 1.20 bits per heavy atom. The normalized spacial score (nSPS) is 16.1. The van der Waals surface area contributed by atoms with Gasteiger partial charge in [0.05, 0.1) is 11.3 Å². The van der Waals surface area contributed by atoms with Gasteiger partial charge in [0.2, 0.25) is 5.95 Å². The Morgan fingerprint density at radius 3 is 2.20 bits per heavy atom. The topological polar surface area (TPSA) is 49.3 Å². The van der Waals surface area contributed by atoms with Crippen molar-refractivity contribution in [3.8, 4) is 0 Å². The first-order valence-corrected chi connectivity index (χ1v) is 5.95. The van der Waals surface area contributed by atoms with E-state index in [1.807, 2.05) is 4.90 Å². The first-order valence-electron chi connectivity index (χ1n) is 5.95. The number of carbonyl (C=O) groups excluding carboxylic acids is 1. The highest BCUT2D eigenvalue weighted by Crippen LogP contribution is 2.28. The molecule has 20 heavy (non-hydrogen) atoms. The molecular weight excluding hydrogens is 273 g/mol. The van der Waals surface area contributed by atoms with Crippen molar-refractivity contribution in [3.05, 3.63) is 30.2 Å². The summed E-state index contributed by atoms with van der Waals surface area (Å²) < 4.78 is 37.2. The van der Waals surface area contributed by atoms with Gasteiger partial charge in [-0.3, -0.25) is 4.79 Å². The van der Waals surface area contributed by atoms with Crippen LogP contribution in [0.2, 0.25) is 0 Å². The lowest BCUT2D eigenvalue weighted by Crippen LogP contribution is -2.46. The van der Waals surface area contributed by atoms with Crippen molar-refractivity contribution in [2.75, 3.05) is 31.1 Å². The van der Waals surface area contributed by atoms with Gasteiger partial charge in [0.15, 0.2) is 6.29 Å². The molecule has 0 spiro atoms. The summed E-state index contributed by atoms with van der Waals surface area (Å²) in [6.07, 6.45) is -2.19. The van der Waals surface area contributed by atoms with Crippen LogP contribution in [0.5, 0.6) is 0 Å². The van der Waals surface area contributed by atoms with Crippen molar-refractivity contribution in [3.63, 3.8) is 0 Å². The van der Waals surface area contributed by atoms with Gasteiger partial charge in [0.1, 0.15) is 0 Å². The standard InChI is InChI=1S/C12H13F3N4O/c1-9(8-20)18-2-4-19(5-3-18)11-16-6-10(7-17-11)12(13,14)15/h6-8H,1-5H2. The molecule has 0 unspecified atom stereocenters. The third-order valence-corrected chi connectivity index (χ3v) is 3.07. The van der Waals surface area contributed by atoms with Crippen LogP contribution in [-0.4, -0.2) is 47.3 Å². The van der Waals surface area contributed by atoms with Crippen molar-refractivity contribution in [1.82, 2.24) is 14.9 Å². The second-order valence-corrected chi connectivity index (χ2v) is 4.35. The summed E-state index contributed by atoms with van der Waals surface area (Å²) in [5.74, 6) is 0.259. The Morgan fingerprint density at radius 2 is 1.75 bits per heavy atom. The minimum absolute atomic E-state index is 0.259. The van der Waals surface area contributed by atoms with Gasteiger partial charge in [-0.2, -0.15) is 13.2 Å². The van der Waals surface area contributed by atoms with E-state index in [0.29, 0.717) is 38.2 Å². The third kappa shape index (κ3) is 3.06. The lowest BCUT2D eigenvalue weighted by atomic mass is 10.3. The highest BCUT2D eigenvalue weighted by Gasteiger charge is 2.31. The Hall–Kier alpha value is -2.12. The highest BCUT2D eigenvalue weighted by molar-refractivity contribution is 5.71. The zero-order valence-corrected chi connectivity index (χ0v) is 10.6. The zero-order valence-electron chi connectivity index (χ0n) is 10.6. The van der Waals surface area contributed by atoms with Crippen LogP contribution in [-0.2, 0) is 11.0 Å². The van der Waals surface area contributed by atoms with Gasteiger partial charge in [0.25, 0.3) is 0 Å². The lowest BCUT2D eigenvalue weighted by Gasteiger charge is -2.35. The highest BCUT2D eigenvalue weighted by atomic mass is 19.4. The van der Waals surface area contributed by atoms with E-state index >= 15 is 0 Å². The molecule has 0 amide bonds. The molecule has 1 aliphatic heterocycles. The molecule has 5 nitrogen and oxygen atoms in total. The lowest BCUT2D eigenvalue weighted by molar-refractivity contribution is -0.138. The fourth-order valence-corrected chi connectivity index (χ4v) is 1.90. The molecular formula is C12H13F3N4O. The second-order valence-electron chi connectivity index (χ2n) is 4.35. The Balaban J connectivity index is 2.00. The second kappa shape index (κ2) is 5.48. The summed E-state index contributed by atoms with van der Waals surface area (Å²) in [4.78, 5) is 21.7. The minimum Gasteiger partial charge on any atom is -0.366 e. The molecule has 1 aromatic rings. The van der Waals surface area contributed by atoms with Gasteiger partial charge in [-0.25, -0.2) is 9.97 Å². The maximum absolute atomic E-state index is 12.4. The number of allylic oxidation sites excluding steroid dienone is 1. The van der Waals surface area contributed by atoms with Gasteiger partial charge in [-0.1, -0.05) is 6.58 Å². The number of aromatic nitrogens is 2. The average Bonchev–Trinajstić information content (AvgIpc) is 2.46. The molecule has 1 saturated heterocycles. The molecule has 0 aromatic carbocycles. The van der Waals surface area contributed by atoms with Crippen LogP contribution in [0.25, 0.3) is 0 Å². The van der Waals surface area contributed by atoms with E-state index in [1.165, 1.54) is 0 Å². The van der Waals surface area contributed by atoms with Gasteiger partial charge in [-0.15, -0.1) is 0 Å². The number of hydrogen-bond donors (Lipinski definition) is 0. The SMILES string of the molecule is C=C(C=O)N1CCN(c2ncc(C(F)(F)F)cn2)CC1. The number of halogens is 3. The molecule has 0 aliphatic carbocycles. The van der Waals surface area contributed by atoms with Gasteiger partial charge < -0.3 is 9.80 Å². The largest absolute Gasteiger partial charge is 0.419 e. The zero-order chi connectivity index (χ0) is 14.8. The number of alkyl halides is 3. The summed E-state index contributed by atoms with van der Waals surface area (Å²) >= 11 is 0. The Kier molecular flexibility index (Phi) is 3.91. The van der Waals surface area contributed by atoms with Crippen LogP contribution in [0.15, 0.2) is 24.7 Å². The first-order chi connectivity index (χ1) is 9.41. The van der Waals surface area contributed by atoms with Crippen LogP contribution >= 0.6 is 0 Å². The number of piperazine rings is 1. The minimum atomic E-state index is -4.43. The maximum atomic E-state index is 12.4. The molecule has 0 radical (unpaired) electrons. The fraction of sp³-hybridized carbons (Fsp3) is 0.417. The van der Waals surface area contributed by atoms with E-state index in [9.17, 15) is 18.0 Å². The van der Waals surface area contributed by atoms with E-state index in [1.54, 1.807) is 4.90 Å². The number of rotatable bonds is 3. The summed E-state index contributed by atoms with van der Waals surface area (Å²) in [6, 6.07) is 0. The molecule has 0 bridgehead atoms. The molecule has 1 fully saturated rings. The Labute approximate surface area is 113 Å². The van der Waals surface area contributed by atoms with Gasteiger partial charge in [-0.05, 0) is 0 Å². The molecule has 0 N–H and O–H groups in total. The summed E-state index contributed by atoms with van der Waals surface area (Å²) in [7, 11) is 0. The van der Waals surface area contributed by atoms with E-state index in [4.69, 9.17) is 0 Å². The van der Waals surface area contributed by atoms with Crippen molar-refractivity contribution in [1.29, 1.82) is 0 Å². The van der Waals surface area contributed by atoms with Crippen molar-refractivity contribution in [2.24, 2.45) is 0 Å². The number of hydrogen-bond acceptors (Lipinski definition) is 5. The Bertz CT molecular complexity index is 492. The van der Waals surface area contributed by atoms with Gasteiger partial charge >= 0.3 is 6.18 Å². The number of carbonyl (C=O) groups is 1. The maximum Gasteiger partial charge on any atom is 0.419 e. The monoisotopic (exact) mass is 286 g/mol. The predicted octanol–water partition coefficient (Wildman–Crippen LogP) is 1.33. The van der Waals surface area contributed by atoms with Crippen molar-refractivity contribution in [2.45, 2.75) is 6.18 Å². The average molecular weight is 286 g/mol. The van der Waals surface area contributed by atoms with E-state index in [0.717, 1.165) is 12.4 Å². The smallest absolute Gasteiger partial charge is 0.366 e. The van der Waals surface area contributed by atoms with Crippen molar-refractivity contribution < 1.29 is 18.0 Å². The molecule has 0 atom stereocenters. The summed E-state index contributed by atoms with van der Waals surface area (Å²) in [6.45, 7) is 5.78. The van der Waals surface area contributed by atoms with Crippen LogP contribution in [0, 0.1) is 0 Å². The summed E-state index contributed by atoms with van der Waals surface area (Å²) in [5.41, 5.74) is -0.466. The van der Waals surface area contributed by atoms with Crippen LogP contribution in [0.1, 0.15) is 5.56 Å². The molecule has 2 rings (SSSR count). The van der Waals surface area contributed by atoms with E-state index in [-0.39, 0.29) is 5.95 Å². The number of nitrogens with zero attached hydrogens (tertiary/aromatic N) is 4. The molecule has 1 aromatic heterocycles. The molecule has 2 heterocycles. The predicted molar refractivity (Wildman–Crippen MR) is 66.0 cm³/mol. The number of aldehydes is 1. The quantitative estimate of drug-likeness (QED) is 0.620. The third-order valence-electron chi connectivity index (χ3n) is 3.07. The van der Waals surface area contributed by atoms with Gasteiger partial charge in [0, 0.05) is 38.6 Å². The van der Waals surface area contributed by atoms with Crippen LogP contribution in [0.3, 0.4) is 0 Å².